The summed E-state index contributed by atoms with van der Waals surface area (Å²) in [6.07, 6.45) is 19.6. The van der Waals surface area contributed by atoms with Gasteiger partial charge in [-0.2, -0.15) is 0 Å². The van der Waals surface area contributed by atoms with Crippen LogP contribution in [0.5, 0.6) is 0 Å². The van der Waals surface area contributed by atoms with E-state index in [9.17, 15) is 19.5 Å². The Balaban J connectivity index is 4.34. The fraction of sp³-hybridized carbons (Fsp3) is 0.893. The fourth-order valence-electron chi connectivity index (χ4n) is 5.00. The highest BCUT2D eigenvalue weighted by molar-refractivity contribution is 5.66. The van der Waals surface area contributed by atoms with Gasteiger partial charge in [-0.15, -0.1) is 0 Å². The summed E-state index contributed by atoms with van der Waals surface area (Å²) in [6.45, 7) is 5.03. The van der Waals surface area contributed by atoms with Gasteiger partial charge in [-0.05, 0) is 19.3 Å². The van der Waals surface area contributed by atoms with Crippen LogP contribution in [-0.2, 0) is 14.4 Å². The third-order valence-electron chi connectivity index (χ3n) is 7.05. The summed E-state index contributed by atoms with van der Waals surface area (Å²) in [5.74, 6) is -2.74. The van der Waals surface area contributed by atoms with Gasteiger partial charge in [0.25, 0.3) is 0 Å². The maximum Gasteiger partial charge on any atom is 0.303 e. The van der Waals surface area contributed by atoms with Gasteiger partial charge in [-0.25, -0.2) is 0 Å². The Bertz CT molecular complexity index is 501. The molecule has 0 radical (unpaired) electrons. The van der Waals surface area contributed by atoms with E-state index in [0.717, 1.165) is 19.4 Å². The third kappa shape index (κ3) is 22.6. The van der Waals surface area contributed by atoms with Crippen LogP contribution in [0.15, 0.2) is 0 Å². The van der Waals surface area contributed by atoms with Crippen molar-refractivity contribution in [3.05, 3.63) is 0 Å². The highest BCUT2D eigenvalue weighted by Gasteiger charge is 2.26. The summed E-state index contributed by atoms with van der Waals surface area (Å²) in [5, 5.41) is 29.0. The van der Waals surface area contributed by atoms with Gasteiger partial charge in [-0.3, -0.25) is 9.59 Å². The van der Waals surface area contributed by atoms with Gasteiger partial charge < -0.3 is 24.6 Å². The van der Waals surface area contributed by atoms with Crippen LogP contribution in [0.2, 0.25) is 0 Å². The highest BCUT2D eigenvalue weighted by atomic mass is 16.4. The van der Waals surface area contributed by atoms with Crippen LogP contribution in [0.25, 0.3) is 0 Å². The van der Waals surface area contributed by atoms with Gasteiger partial charge in [0, 0.05) is 25.2 Å². The van der Waals surface area contributed by atoms with Gasteiger partial charge in [-0.1, -0.05) is 84.0 Å². The molecule has 0 saturated heterocycles. The smallest absolute Gasteiger partial charge is 0.303 e. The molecule has 2 N–H and O–H groups in total. The number of unbranched alkanes of at least 4 members (excludes halogenated alkanes) is 13. The minimum atomic E-state index is -1.07. The van der Waals surface area contributed by atoms with Crippen molar-refractivity contribution in [3.63, 3.8) is 0 Å². The van der Waals surface area contributed by atoms with E-state index in [4.69, 9.17) is 10.2 Å². The SMILES string of the molecule is CCCCCCCCCCCCCCCC[N+](CCCC(=O)[O-])(CCCC(=O)O)CCCC(=O)O. The number of quaternary nitrogens is 1. The predicted octanol–water partition coefficient (Wildman–Crippen LogP) is 5.54. The first-order chi connectivity index (χ1) is 16.8. The van der Waals surface area contributed by atoms with Gasteiger partial charge in [0.05, 0.1) is 39.0 Å². The maximum atomic E-state index is 11.0. The molecule has 0 heterocycles. The molecule has 206 valence electrons. The second kappa shape index (κ2) is 22.8. The standard InChI is InChI=1S/C28H53NO6/c1-2-3-4-5-6-7-8-9-10-11-12-13-14-15-22-29(23-16-19-26(30)31,24-17-20-27(32)33)25-18-21-28(34)35/h2-25H2,1H3,(H2-,30,31,32,33,34,35). The first kappa shape index (κ1) is 33.4. The summed E-state index contributed by atoms with van der Waals surface area (Å²) in [4.78, 5) is 33.0. The predicted molar refractivity (Wildman–Crippen MR) is 138 cm³/mol. The van der Waals surface area contributed by atoms with Crippen molar-refractivity contribution in [3.8, 4) is 0 Å². The van der Waals surface area contributed by atoms with Crippen LogP contribution in [-0.4, -0.2) is 58.8 Å². The fourth-order valence-corrected chi connectivity index (χ4v) is 5.00. The summed E-state index contributed by atoms with van der Waals surface area (Å²) < 4.78 is 0.617. The lowest BCUT2D eigenvalue weighted by Crippen LogP contribution is -2.51. The highest BCUT2D eigenvalue weighted by Crippen LogP contribution is 2.19. The average Bonchev–Trinajstić information content (AvgIpc) is 2.78. The molecule has 0 amide bonds. The molecule has 0 aromatic carbocycles. The Labute approximate surface area is 213 Å². The molecule has 0 unspecified atom stereocenters. The minimum absolute atomic E-state index is 0.0173. The molecule has 35 heavy (non-hydrogen) atoms. The lowest BCUT2D eigenvalue weighted by molar-refractivity contribution is -0.929. The van der Waals surface area contributed by atoms with E-state index in [0.29, 0.717) is 43.4 Å². The summed E-state index contributed by atoms with van der Waals surface area (Å²) in [6, 6.07) is 0. The largest absolute Gasteiger partial charge is 0.550 e. The monoisotopic (exact) mass is 499 g/mol. The van der Waals surface area contributed by atoms with Crippen molar-refractivity contribution in [1.29, 1.82) is 0 Å². The molecule has 0 rings (SSSR count). The molecule has 0 atom stereocenters. The molecule has 0 aromatic rings. The number of aliphatic carboxylic acids is 3. The quantitative estimate of drug-likeness (QED) is 0.113. The number of carboxylic acids is 3. The second-order valence-electron chi connectivity index (χ2n) is 10.3. The molecule has 7 heteroatoms. The lowest BCUT2D eigenvalue weighted by Gasteiger charge is -2.39. The molecule has 0 aliphatic carbocycles. The molecule has 0 fully saturated rings. The van der Waals surface area contributed by atoms with E-state index in [1.54, 1.807) is 0 Å². The van der Waals surface area contributed by atoms with E-state index in [-0.39, 0.29) is 19.3 Å². The van der Waals surface area contributed by atoms with Crippen LogP contribution in [0.4, 0.5) is 0 Å². The van der Waals surface area contributed by atoms with E-state index in [1.165, 1.54) is 77.0 Å². The first-order valence-electron chi connectivity index (χ1n) is 14.3. The van der Waals surface area contributed by atoms with Crippen molar-refractivity contribution >= 4 is 17.9 Å². The Morgan fingerprint density at radius 2 is 0.829 bits per heavy atom. The van der Waals surface area contributed by atoms with Gasteiger partial charge in [0.1, 0.15) is 0 Å². The summed E-state index contributed by atoms with van der Waals surface area (Å²) in [5.41, 5.74) is 0. The van der Waals surface area contributed by atoms with E-state index < -0.39 is 17.9 Å². The van der Waals surface area contributed by atoms with Crippen LogP contribution in [0.1, 0.15) is 135 Å². The van der Waals surface area contributed by atoms with Crippen molar-refractivity contribution in [2.75, 3.05) is 26.2 Å². The number of hydrogen-bond acceptors (Lipinski definition) is 4. The van der Waals surface area contributed by atoms with E-state index in [1.807, 2.05) is 0 Å². The maximum absolute atomic E-state index is 11.0. The molecule has 0 saturated carbocycles. The first-order valence-corrected chi connectivity index (χ1v) is 14.3. The number of rotatable bonds is 27. The minimum Gasteiger partial charge on any atom is -0.550 e. The van der Waals surface area contributed by atoms with Crippen LogP contribution < -0.4 is 5.11 Å². The Hall–Kier alpha value is -1.63. The zero-order chi connectivity index (χ0) is 26.2. The second-order valence-corrected chi connectivity index (χ2v) is 10.3. The Morgan fingerprint density at radius 1 is 0.514 bits per heavy atom. The zero-order valence-corrected chi connectivity index (χ0v) is 22.4. The normalized spacial score (nSPS) is 11.6. The Morgan fingerprint density at radius 3 is 1.17 bits per heavy atom. The van der Waals surface area contributed by atoms with Crippen molar-refractivity contribution in [1.82, 2.24) is 0 Å². The summed E-state index contributed by atoms with van der Waals surface area (Å²) >= 11 is 0. The van der Waals surface area contributed by atoms with Gasteiger partial charge in [0.15, 0.2) is 0 Å². The number of carboxylic acid groups (broad SMARTS) is 3. The molecule has 0 aliphatic rings. The van der Waals surface area contributed by atoms with Crippen LogP contribution >= 0.6 is 0 Å². The molecular formula is C28H53NO6. The molecule has 0 aromatic heterocycles. The number of nitrogens with zero attached hydrogens (tertiary/aromatic N) is 1. The average molecular weight is 500 g/mol. The lowest BCUT2D eigenvalue weighted by atomic mass is 10.0. The van der Waals surface area contributed by atoms with Crippen molar-refractivity contribution in [2.45, 2.75) is 135 Å². The van der Waals surface area contributed by atoms with E-state index >= 15 is 0 Å². The third-order valence-corrected chi connectivity index (χ3v) is 7.05. The van der Waals surface area contributed by atoms with E-state index in [2.05, 4.69) is 6.92 Å². The van der Waals surface area contributed by atoms with Gasteiger partial charge in [0.2, 0.25) is 0 Å². The number of carbonyl (C=O) groups is 3. The number of carbonyl (C=O) groups excluding carboxylic acids is 1. The van der Waals surface area contributed by atoms with Crippen LogP contribution in [0, 0.1) is 0 Å². The topological polar surface area (TPSA) is 115 Å². The molecular weight excluding hydrogens is 446 g/mol. The molecule has 7 nitrogen and oxygen atoms in total. The van der Waals surface area contributed by atoms with Crippen molar-refractivity contribution in [2.24, 2.45) is 0 Å². The zero-order valence-electron chi connectivity index (χ0n) is 22.4. The molecule has 0 spiro atoms. The molecule has 0 bridgehead atoms. The summed E-state index contributed by atoms with van der Waals surface area (Å²) in [7, 11) is 0. The van der Waals surface area contributed by atoms with Crippen molar-refractivity contribution < 1.29 is 34.2 Å². The van der Waals surface area contributed by atoms with Gasteiger partial charge >= 0.3 is 11.9 Å². The van der Waals surface area contributed by atoms with Crippen LogP contribution in [0.3, 0.4) is 0 Å². The number of hydrogen-bond donors (Lipinski definition) is 2. The Kier molecular flexibility index (Phi) is 21.7. The molecule has 0 aliphatic heterocycles.